The van der Waals surface area contributed by atoms with Crippen LogP contribution in [0.1, 0.15) is 11.1 Å². The molecule has 6 heteroatoms. The maximum atomic E-state index is 12.9. The Labute approximate surface area is 114 Å². The molecule has 0 aliphatic carbocycles. The molecule has 0 amide bonds. The zero-order valence-corrected chi connectivity index (χ0v) is 10.5. The first-order chi connectivity index (χ1) is 9.52. The van der Waals surface area contributed by atoms with E-state index >= 15 is 0 Å². The van der Waals surface area contributed by atoms with Crippen LogP contribution in [-0.2, 0) is 12.6 Å². The number of ether oxygens (including phenoxy) is 1. The van der Waals surface area contributed by atoms with E-state index in [1.54, 1.807) is 12.1 Å². The number of halogens is 3. The normalized spacial score (nSPS) is 11.4. The Morgan fingerprint density at radius 1 is 1.10 bits per heavy atom. The van der Waals surface area contributed by atoms with Gasteiger partial charge in [-0.1, -0.05) is 18.2 Å². The van der Waals surface area contributed by atoms with Crippen molar-refractivity contribution in [1.29, 1.82) is 0 Å². The second-order valence-corrected chi connectivity index (χ2v) is 4.10. The standard InChI is InChI=1S/C14H13F3N2O/c15-14(16,17)11-5-1-2-6-12(11)20-13-10(7-8-18)4-3-9-19-13/h1-6,9H,7-8,18H2. The lowest BCUT2D eigenvalue weighted by molar-refractivity contribution is -0.138. The molecule has 106 valence electrons. The Hall–Kier alpha value is -2.08. The van der Waals surface area contributed by atoms with Crippen LogP contribution in [0.3, 0.4) is 0 Å². The summed E-state index contributed by atoms with van der Waals surface area (Å²) in [6.45, 7) is 0.364. The van der Waals surface area contributed by atoms with Gasteiger partial charge >= 0.3 is 6.18 Å². The zero-order valence-electron chi connectivity index (χ0n) is 10.5. The van der Waals surface area contributed by atoms with E-state index in [1.165, 1.54) is 24.4 Å². The van der Waals surface area contributed by atoms with Crippen LogP contribution in [-0.4, -0.2) is 11.5 Å². The van der Waals surface area contributed by atoms with Crippen LogP contribution in [0.4, 0.5) is 13.2 Å². The van der Waals surface area contributed by atoms with Crippen LogP contribution in [0.2, 0.25) is 0 Å². The van der Waals surface area contributed by atoms with Gasteiger partial charge in [0.2, 0.25) is 5.88 Å². The highest BCUT2D eigenvalue weighted by atomic mass is 19.4. The molecule has 0 radical (unpaired) electrons. The van der Waals surface area contributed by atoms with Gasteiger partial charge in [0, 0.05) is 11.8 Å². The Kier molecular flexibility index (Phi) is 4.24. The highest BCUT2D eigenvalue weighted by Gasteiger charge is 2.34. The molecule has 0 unspecified atom stereocenters. The first-order valence-electron chi connectivity index (χ1n) is 6.00. The van der Waals surface area contributed by atoms with Gasteiger partial charge in [0.1, 0.15) is 5.75 Å². The van der Waals surface area contributed by atoms with Crippen molar-refractivity contribution in [3.63, 3.8) is 0 Å². The number of benzene rings is 1. The molecule has 0 bridgehead atoms. The van der Waals surface area contributed by atoms with Crippen molar-refractivity contribution in [1.82, 2.24) is 4.98 Å². The van der Waals surface area contributed by atoms with Crippen LogP contribution in [0, 0.1) is 0 Å². The van der Waals surface area contributed by atoms with Crippen molar-refractivity contribution in [2.75, 3.05) is 6.54 Å². The Bertz CT molecular complexity index is 585. The van der Waals surface area contributed by atoms with E-state index in [0.717, 1.165) is 6.07 Å². The minimum atomic E-state index is -4.47. The smallest absolute Gasteiger partial charge is 0.419 e. The predicted molar refractivity (Wildman–Crippen MR) is 68.5 cm³/mol. The van der Waals surface area contributed by atoms with Crippen LogP contribution in [0.15, 0.2) is 42.6 Å². The summed E-state index contributed by atoms with van der Waals surface area (Å²) in [5, 5.41) is 0. The van der Waals surface area contributed by atoms with E-state index < -0.39 is 11.7 Å². The predicted octanol–water partition coefficient (Wildman–Crippen LogP) is 3.39. The second kappa shape index (κ2) is 5.92. The zero-order chi connectivity index (χ0) is 14.6. The maximum Gasteiger partial charge on any atom is 0.419 e. The van der Waals surface area contributed by atoms with Crippen molar-refractivity contribution in [3.8, 4) is 11.6 Å². The molecule has 3 nitrogen and oxygen atoms in total. The van der Waals surface area contributed by atoms with Crippen LogP contribution in [0.25, 0.3) is 0 Å². The number of nitrogens with two attached hydrogens (primary N) is 1. The fourth-order valence-corrected chi connectivity index (χ4v) is 1.76. The molecule has 2 aromatic rings. The van der Waals surface area contributed by atoms with E-state index in [4.69, 9.17) is 10.5 Å². The molecule has 2 rings (SSSR count). The Morgan fingerprint density at radius 3 is 2.55 bits per heavy atom. The SMILES string of the molecule is NCCc1cccnc1Oc1ccccc1C(F)(F)F. The van der Waals surface area contributed by atoms with Gasteiger partial charge < -0.3 is 10.5 Å². The van der Waals surface area contributed by atoms with Crippen molar-refractivity contribution < 1.29 is 17.9 Å². The number of hydrogen-bond acceptors (Lipinski definition) is 3. The van der Waals surface area contributed by atoms with Gasteiger partial charge in [-0.05, 0) is 31.2 Å². The number of pyridine rings is 1. The molecule has 0 aliphatic rings. The Morgan fingerprint density at radius 2 is 1.85 bits per heavy atom. The fourth-order valence-electron chi connectivity index (χ4n) is 1.76. The van der Waals surface area contributed by atoms with E-state index in [2.05, 4.69) is 4.98 Å². The summed E-state index contributed by atoms with van der Waals surface area (Å²) in [5.74, 6) is -0.119. The van der Waals surface area contributed by atoms with Gasteiger partial charge in [0.25, 0.3) is 0 Å². The van der Waals surface area contributed by atoms with Gasteiger partial charge in [0.15, 0.2) is 0 Å². The number of nitrogens with zero attached hydrogens (tertiary/aromatic N) is 1. The van der Waals surface area contributed by atoms with Crippen molar-refractivity contribution in [2.24, 2.45) is 5.73 Å². The molecule has 0 saturated heterocycles. The number of aromatic nitrogens is 1. The molecule has 2 N–H and O–H groups in total. The molecular weight excluding hydrogens is 269 g/mol. The quantitative estimate of drug-likeness (QED) is 0.935. The van der Waals surface area contributed by atoms with Crippen molar-refractivity contribution in [3.05, 3.63) is 53.7 Å². The van der Waals surface area contributed by atoms with Crippen LogP contribution in [0.5, 0.6) is 11.6 Å². The van der Waals surface area contributed by atoms with Crippen LogP contribution < -0.4 is 10.5 Å². The van der Waals surface area contributed by atoms with Gasteiger partial charge in [-0.2, -0.15) is 13.2 Å². The summed E-state index contributed by atoms with van der Waals surface area (Å²) in [6.07, 6.45) is -2.53. The monoisotopic (exact) mass is 282 g/mol. The average Bonchev–Trinajstić information content (AvgIpc) is 2.41. The number of alkyl halides is 3. The summed E-state index contributed by atoms with van der Waals surface area (Å²) in [5.41, 5.74) is 5.30. The Balaban J connectivity index is 2.36. The third kappa shape index (κ3) is 3.27. The lowest BCUT2D eigenvalue weighted by Crippen LogP contribution is -2.08. The summed E-state index contributed by atoms with van der Waals surface area (Å²) in [7, 11) is 0. The maximum absolute atomic E-state index is 12.9. The second-order valence-electron chi connectivity index (χ2n) is 4.10. The van der Waals surface area contributed by atoms with Gasteiger partial charge in [-0.15, -0.1) is 0 Å². The fraction of sp³-hybridized carbons (Fsp3) is 0.214. The summed E-state index contributed by atoms with van der Waals surface area (Å²) >= 11 is 0. The topological polar surface area (TPSA) is 48.1 Å². The van der Waals surface area contributed by atoms with E-state index in [-0.39, 0.29) is 11.6 Å². The molecule has 0 fully saturated rings. The molecular formula is C14H13F3N2O. The average molecular weight is 282 g/mol. The molecule has 0 saturated carbocycles. The molecule has 1 aromatic heterocycles. The molecule has 20 heavy (non-hydrogen) atoms. The third-order valence-corrected chi connectivity index (χ3v) is 2.66. The minimum Gasteiger partial charge on any atom is -0.438 e. The molecule has 1 aromatic carbocycles. The van der Waals surface area contributed by atoms with E-state index in [1.807, 2.05) is 0 Å². The van der Waals surface area contributed by atoms with E-state index in [0.29, 0.717) is 18.5 Å². The van der Waals surface area contributed by atoms with Crippen molar-refractivity contribution >= 4 is 0 Å². The summed E-state index contributed by atoms with van der Waals surface area (Å²) in [6, 6.07) is 8.45. The van der Waals surface area contributed by atoms with Crippen molar-refractivity contribution in [2.45, 2.75) is 12.6 Å². The molecule has 0 aliphatic heterocycles. The minimum absolute atomic E-state index is 0.148. The first kappa shape index (κ1) is 14.3. The lowest BCUT2D eigenvalue weighted by Gasteiger charge is -2.14. The highest BCUT2D eigenvalue weighted by molar-refractivity contribution is 5.39. The number of hydrogen-bond donors (Lipinski definition) is 1. The largest absolute Gasteiger partial charge is 0.438 e. The lowest BCUT2D eigenvalue weighted by atomic mass is 10.2. The molecule has 1 heterocycles. The van der Waals surface area contributed by atoms with Gasteiger partial charge in [-0.3, -0.25) is 0 Å². The van der Waals surface area contributed by atoms with Gasteiger partial charge in [0.05, 0.1) is 5.56 Å². The third-order valence-electron chi connectivity index (χ3n) is 2.66. The highest BCUT2D eigenvalue weighted by Crippen LogP contribution is 2.37. The molecule has 0 atom stereocenters. The van der Waals surface area contributed by atoms with Crippen LogP contribution >= 0.6 is 0 Å². The number of para-hydroxylation sites is 1. The van der Waals surface area contributed by atoms with E-state index in [9.17, 15) is 13.2 Å². The number of rotatable bonds is 4. The van der Waals surface area contributed by atoms with Gasteiger partial charge in [-0.25, -0.2) is 4.98 Å². The summed E-state index contributed by atoms with van der Waals surface area (Å²) < 4.78 is 44.0. The molecule has 0 spiro atoms. The first-order valence-corrected chi connectivity index (χ1v) is 6.00. The summed E-state index contributed by atoms with van der Waals surface area (Å²) in [4.78, 5) is 3.97.